The zero-order chi connectivity index (χ0) is 15.5. The van der Waals surface area contributed by atoms with Gasteiger partial charge < -0.3 is 10.2 Å². The third-order valence-corrected chi connectivity index (χ3v) is 5.56. The maximum Gasteiger partial charge on any atom is 0.274 e. The van der Waals surface area contributed by atoms with Gasteiger partial charge in [0.2, 0.25) is 0 Å². The number of nitrogens with zero attached hydrogens (tertiary/aromatic N) is 3. The molecule has 1 saturated heterocycles. The molecule has 0 unspecified atom stereocenters. The molecule has 1 aliphatic carbocycles. The first-order valence-electron chi connectivity index (χ1n) is 7.90. The van der Waals surface area contributed by atoms with E-state index in [-0.39, 0.29) is 5.56 Å². The summed E-state index contributed by atoms with van der Waals surface area (Å²) in [6.07, 6.45) is 4.31. The molecule has 0 radical (unpaired) electrons. The zero-order valence-corrected chi connectivity index (χ0v) is 13.4. The van der Waals surface area contributed by atoms with E-state index in [4.69, 9.17) is 0 Å². The van der Waals surface area contributed by atoms with Gasteiger partial charge in [-0.25, -0.2) is 4.68 Å². The minimum absolute atomic E-state index is 0.0153. The van der Waals surface area contributed by atoms with Gasteiger partial charge in [0.25, 0.3) is 5.56 Å². The minimum Gasteiger partial charge on any atom is -0.371 e. The van der Waals surface area contributed by atoms with Gasteiger partial charge in [0.1, 0.15) is 0 Å². The highest BCUT2D eigenvalue weighted by atomic mass is 16.1. The number of benzene rings is 1. The first-order valence-corrected chi connectivity index (χ1v) is 7.90. The first-order chi connectivity index (χ1) is 10.5. The van der Waals surface area contributed by atoms with E-state index in [1.54, 1.807) is 7.05 Å². The van der Waals surface area contributed by atoms with Gasteiger partial charge in [-0.3, -0.25) is 4.79 Å². The second-order valence-electron chi connectivity index (χ2n) is 7.04. The second-order valence-corrected chi connectivity index (χ2v) is 7.04. The SMILES string of the molecule is Cc1ccc(N(C)C2CC3(CNC3)C2)c2cnn(C)c(=O)c12. The van der Waals surface area contributed by atoms with Crippen molar-refractivity contribution >= 4 is 16.5 Å². The topological polar surface area (TPSA) is 50.2 Å². The molecule has 1 spiro atoms. The molecule has 1 aromatic heterocycles. The Kier molecular flexibility index (Phi) is 2.85. The Balaban J connectivity index is 1.74. The van der Waals surface area contributed by atoms with Crippen molar-refractivity contribution in [3.8, 4) is 0 Å². The third kappa shape index (κ3) is 1.81. The van der Waals surface area contributed by atoms with Gasteiger partial charge in [-0.15, -0.1) is 0 Å². The molecule has 2 aliphatic rings. The summed E-state index contributed by atoms with van der Waals surface area (Å²) in [5.41, 5.74) is 2.67. The Morgan fingerprint density at radius 1 is 1.36 bits per heavy atom. The number of nitrogens with one attached hydrogen (secondary N) is 1. The van der Waals surface area contributed by atoms with Gasteiger partial charge in [0.15, 0.2) is 0 Å². The molecule has 5 nitrogen and oxygen atoms in total. The van der Waals surface area contributed by atoms with Crippen LogP contribution in [0, 0.1) is 12.3 Å². The Morgan fingerprint density at radius 2 is 2.09 bits per heavy atom. The van der Waals surface area contributed by atoms with Crippen LogP contribution >= 0.6 is 0 Å². The molecule has 116 valence electrons. The van der Waals surface area contributed by atoms with Crippen molar-refractivity contribution in [3.05, 3.63) is 34.2 Å². The normalized spacial score (nSPS) is 20.0. The van der Waals surface area contributed by atoms with Crippen molar-refractivity contribution in [2.24, 2.45) is 12.5 Å². The lowest BCUT2D eigenvalue weighted by atomic mass is 9.61. The molecule has 0 amide bonds. The Hall–Kier alpha value is -1.88. The van der Waals surface area contributed by atoms with E-state index < -0.39 is 0 Å². The van der Waals surface area contributed by atoms with Crippen molar-refractivity contribution in [2.75, 3.05) is 25.0 Å². The average Bonchev–Trinajstić information content (AvgIpc) is 2.39. The van der Waals surface area contributed by atoms with Crippen molar-refractivity contribution in [1.29, 1.82) is 0 Å². The summed E-state index contributed by atoms with van der Waals surface area (Å²) in [7, 11) is 3.85. The Labute approximate surface area is 129 Å². The predicted octanol–water partition coefficient (Wildman–Crippen LogP) is 1.43. The largest absolute Gasteiger partial charge is 0.371 e. The van der Waals surface area contributed by atoms with Crippen LogP contribution in [0.4, 0.5) is 5.69 Å². The summed E-state index contributed by atoms with van der Waals surface area (Å²) in [4.78, 5) is 14.7. The highest BCUT2D eigenvalue weighted by Crippen LogP contribution is 2.47. The maximum absolute atomic E-state index is 12.4. The van der Waals surface area contributed by atoms with Crippen LogP contribution in [-0.4, -0.2) is 36.0 Å². The second kappa shape index (κ2) is 4.56. The fourth-order valence-electron chi connectivity index (χ4n) is 3.98. The van der Waals surface area contributed by atoms with Crippen LogP contribution in [0.15, 0.2) is 23.1 Å². The van der Waals surface area contributed by atoms with E-state index in [9.17, 15) is 4.79 Å². The van der Waals surface area contributed by atoms with Crippen molar-refractivity contribution in [1.82, 2.24) is 15.1 Å². The summed E-state index contributed by atoms with van der Waals surface area (Å²) in [5.74, 6) is 0. The molecule has 2 fully saturated rings. The highest BCUT2D eigenvalue weighted by Gasteiger charge is 2.49. The molecule has 2 heterocycles. The fraction of sp³-hybridized carbons (Fsp3) is 0.529. The van der Waals surface area contributed by atoms with Crippen molar-refractivity contribution in [2.45, 2.75) is 25.8 Å². The number of hydrogen-bond donors (Lipinski definition) is 1. The molecular weight excluding hydrogens is 276 g/mol. The summed E-state index contributed by atoms with van der Waals surface area (Å²) >= 11 is 0. The highest BCUT2D eigenvalue weighted by molar-refractivity contribution is 5.95. The van der Waals surface area contributed by atoms with Crippen molar-refractivity contribution < 1.29 is 0 Å². The number of rotatable bonds is 2. The number of fused-ring (bicyclic) bond motifs is 1. The van der Waals surface area contributed by atoms with Crippen LogP contribution < -0.4 is 15.8 Å². The summed E-state index contributed by atoms with van der Waals surface area (Å²) < 4.78 is 1.41. The molecule has 5 heteroatoms. The molecule has 22 heavy (non-hydrogen) atoms. The molecule has 1 aliphatic heterocycles. The van der Waals surface area contributed by atoms with E-state index >= 15 is 0 Å². The van der Waals surface area contributed by atoms with E-state index in [1.165, 1.54) is 17.5 Å². The Morgan fingerprint density at radius 3 is 2.73 bits per heavy atom. The van der Waals surface area contributed by atoms with E-state index in [0.717, 1.165) is 35.1 Å². The monoisotopic (exact) mass is 298 g/mol. The standard InChI is InChI=1S/C17H22N4O/c1-11-4-5-14(13-8-19-21(3)16(22)15(11)13)20(2)12-6-17(7-12)9-18-10-17/h4-5,8,12,18H,6-7,9-10H2,1-3H3. The quantitative estimate of drug-likeness (QED) is 0.911. The third-order valence-electron chi connectivity index (χ3n) is 5.56. The van der Waals surface area contributed by atoms with Crippen LogP contribution in [0.1, 0.15) is 18.4 Å². The Bertz CT molecular complexity index is 798. The van der Waals surface area contributed by atoms with E-state index in [2.05, 4.69) is 34.5 Å². The van der Waals surface area contributed by atoms with Crippen LogP contribution in [0.5, 0.6) is 0 Å². The van der Waals surface area contributed by atoms with Crippen molar-refractivity contribution in [3.63, 3.8) is 0 Å². The number of aromatic nitrogens is 2. The predicted molar refractivity (Wildman–Crippen MR) is 88.4 cm³/mol. The molecule has 4 rings (SSSR count). The molecule has 1 saturated carbocycles. The van der Waals surface area contributed by atoms with E-state index in [0.29, 0.717) is 11.5 Å². The molecule has 1 N–H and O–H groups in total. The summed E-state index contributed by atoms with van der Waals surface area (Å²) in [6.45, 7) is 4.31. The van der Waals surface area contributed by atoms with Gasteiger partial charge in [-0.1, -0.05) is 6.07 Å². The van der Waals surface area contributed by atoms with Gasteiger partial charge in [0, 0.05) is 44.3 Å². The van der Waals surface area contributed by atoms with Gasteiger partial charge in [0.05, 0.1) is 11.6 Å². The van der Waals surface area contributed by atoms with Crippen LogP contribution in [0.25, 0.3) is 10.8 Å². The van der Waals surface area contributed by atoms with E-state index in [1.807, 2.05) is 13.1 Å². The van der Waals surface area contributed by atoms with Gasteiger partial charge in [-0.2, -0.15) is 5.10 Å². The number of anilines is 1. The lowest BCUT2D eigenvalue weighted by molar-refractivity contribution is 0.0374. The van der Waals surface area contributed by atoms with Gasteiger partial charge >= 0.3 is 0 Å². The smallest absolute Gasteiger partial charge is 0.274 e. The zero-order valence-electron chi connectivity index (χ0n) is 13.4. The minimum atomic E-state index is -0.0153. The lowest BCUT2D eigenvalue weighted by Crippen LogP contribution is -2.64. The lowest BCUT2D eigenvalue weighted by Gasteiger charge is -2.57. The summed E-state index contributed by atoms with van der Waals surface area (Å²) in [6, 6.07) is 4.75. The van der Waals surface area contributed by atoms with Crippen LogP contribution in [0.3, 0.4) is 0 Å². The van der Waals surface area contributed by atoms with Gasteiger partial charge in [-0.05, 0) is 36.8 Å². The molecular formula is C17H22N4O. The molecule has 2 aromatic rings. The van der Waals surface area contributed by atoms with Crippen LogP contribution in [-0.2, 0) is 7.05 Å². The average molecular weight is 298 g/mol. The molecule has 1 aromatic carbocycles. The number of hydrogen-bond acceptors (Lipinski definition) is 4. The molecule has 0 bridgehead atoms. The number of aryl methyl sites for hydroxylation is 2. The first kappa shape index (κ1) is 13.8. The summed E-state index contributed by atoms with van der Waals surface area (Å²) in [5, 5.41) is 9.36. The van der Waals surface area contributed by atoms with Crippen LogP contribution in [0.2, 0.25) is 0 Å². The maximum atomic E-state index is 12.4. The molecule has 0 atom stereocenters. The fourth-order valence-corrected chi connectivity index (χ4v) is 3.98.